The van der Waals surface area contributed by atoms with Crippen LogP contribution in [0.25, 0.3) is 11.0 Å². The first-order valence-electron chi connectivity index (χ1n) is 9.57. The fraction of sp³-hybridized carbons (Fsp3) is 0.500. The molecule has 2 aromatic rings. The molecule has 0 bridgehead atoms. The lowest BCUT2D eigenvalue weighted by Gasteiger charge is -2.19. The molecular weight excluding hydrogens is 344 g/mol. The molecule has 1 aliphatic carbocycles. The van der Waals surface area contributed by atoms with Gasteiger partial charge in [-0.2, -0.15) is 0 Å². The first kappa shape index (κ1) is 17.7. The predicted octanol–water partition coefficient (Wildman–Crippen LogP) is 2.09. The molecule has 0 radical (unpaired) electrons. The van der Waals surface area contributed by atoms with Gasteiger partial charge in [-0.15, -0.1) is 0 Å². The number of aromatic amines is 1. The van der Waals surface area contributed by atoms with E-state index in [0.717, 1.165) is 36.7 Å². The number of H-pyrrole nitrogens is 1. The quantitative estimate of drug-likeness (QED) is 0.819. The van der Waals surface area contributed by atoms with Crippen molar-refractivity contribution in [3.05, 3.63) is 30.1 Å². The standard InChI is InChI=1S/C20H24N4O3/c1-23(12-17-21-15-8-4-5-9-16(15)22-17)18(25)10-11-24-19(26)13-6-2-3-7-14(13)20(24)27/h4-5,8-9,13-14H,2-3,6-7,10-12H2,1H3,(H,21,22). The van der Waals surface area contributed by atoms with Crippen LogP contribution in [0.15, 0.2) is 24.3 Å². The second-order valence-corrected chi connectivity index (χ2v) is 7.53. The normalized spacial score (nSPS) is 22.3. The maximum absolute atomic E-state index is 12.5. The number of para-hydroxylation sites is 2. The summed E-state index contributed by atoms with van der Waals surface area (Å²) in [6.45, 7) is 0.536. The molecule has 1 saturated heterocycles. The highest BCUT2D eigenvalue weighted by Crippen LogP contribution is 2.37. The van der Waals surface area contributed by atoms with Crippen LogP contribution in [0, 0.1) is 11.8 Å². The number of aromatic nitrogens is 2. The first-order valence-corrected chi connectivity index (χ1v) is 9.57. The van der Waals surface area contributed by atoms with E-state index in [9.17, 15) is 14.4 Å². The lowest BCUT2D eigenvalue weighted by Crippen LogP contribution is -2.36. The molecule has 1 aromatic heterocycles. The number of carbonyl (C=O) groups excluding carboxylic acids is 3. The molecule has 2 fully saturated rings. The van der Waals surface area contributed by atoms with Crippen LogP contribution < -0.4 is 0 Å². The van der Waals surface area contributed by atoms with Gasteiger partial charge in [0.15, 0.2) is 0 Å². The summed E-state index contributed by atoms with van der Waals surface area (Å²) in [4.78, 5) is 48.0. The second kappa shape index (κ2) is 7.13. The summed E-state index contributed by atoms with van der Waals surface area (Å²) in [6, 6.07) is 7.71. The largest absolute Gasteiger partial charge is 0.340 e. The number of hydrogen-bond acceptors (Lipinski definition) is 4. The number of rotatable bonds is 5. The molecule has 1 saturated carbocycles. The molecule has 27 heavy (non-hydrogen) atoms. The van der Waals surface area contributed by atoms with Gasteiger partial charge in [0.1, 0.15) is 5.82 Å². The molecule has 2 atom stereocenters. The smallest absolute Gasteiger partial charge is 0.233 e. The number of nitrogens with zero attached hydrogens (tertiary/aromatic N) is 3. The Balaban J connectivity index is 1.34. The summed E-state index contributed by atoms with van der Waals surface area (Å²) in [6.07, 6.45) is 3.76. The van der Waals surface area contributed by atoms with Crippen LogP contribution >= 0.6 is 0 Å². The lowest BCUT2D eigenvalue weighted by molar-refractivity contribution is -0.140. The zero-order valence-corrected chi connectivity index (χ0v) is 15.5. The van der Waals surface area contributed by atoms with Gasteiger partial charge >= 0.3 is 0 Å². The SMILES string of the molecule is CN(Cc1nc2ccccc2[nH]1)C(=O)CCN1C(=O)C2CCCCC2C1=O. The van der Waals surface area contributed by atoms with Crippen LogP contribution in [0.1, 0.15) is 37.9 Å². The average molecular weight is 368 g/mol. The van der Waals surface area contributed by atoms with E-state index in [-0.39, 0.29) is 42.5 Å². The fourth-order valence-electron chi connectivity index (χ4n) is 4.24. The maximum atomic E-state index is 12.5. The molecule has 0 spiro atoms. The van der Waals surface area contributed by atoms with Crippen LogP contribution in [0.5, 0.6) is 0 Å². The Labute approximate surface area is 157 Å². The Bertz CT molecular complexity index is 833. The van der Waals surface area contributed by atoms with E-state index in [2.05, 4.69) is 9.97 Å². The summed E-state index contributed by atoms with van der Waals surface area (Å²) in [5.74, 6) is 0.122. The minimum absolute atomic E-state index is 0.0857. The fourth-order valence-corrected chi connectivity index (χ4v) is 4.24. The van der Waals surface area contributed by atoms with Crippen LogP contribution in [0.4, 0.5) is 0 Å². The second-order valence-electron chi connectivity index (χ2n) is 7.53. The van der Waals surface area contributed by atoms with E-state index in [1.807, 2.05) is 24.3 Å². The van der Waals surface area contributed by atoms with E-state index in [1.165, 1.54) is 4.90 Å². The third-order valence-electron chi connectivity index (χ3n) is 5.73. The van der Waals surface area contributed by atoms with Gasteiger partial charge in [-0.25, -0.2) is 4.98 Å². The van der Waals surface area contributed by atoms with Crippen molar-refractivity contribution in [2.75, 3.05) is 13.6 Å². The van der Waals surface area contributed by atoms with Crippen LogP contribution in [-0.2, 0) is 20.9 Å². The number of hydrogen-bond donors (Lipinski definition) is 1. The number of imide groups is 1. The summed E-state index contributed by atoms with van der Waals surface area (Å²) in [5, 5.41) is 0. The molecule has 2 unspecified atom stereocenters. The van der Waals surface area contributed by atoms with Crippen LogP contribution in [0.3, 0.4) is 0 Å². The third-order valence-corrected chi connectivity index (χ3v) is 5.73. The van der Waals surface area contributed by atoms with Gasteiger partial charge in [-0.05, 0) is 25.0 Å². The minimum Gasteiger partial charge on any atom is -0.340 e. The molecule has 7 nitrogen and oxygen atoms in total. The van der Waals surface area contributed by atoms with Crippen LogP contribution in [0.2, 0.25) is 0 Å². The average Bonchev–Trinajstić information content (AvgIpc) is 3.19. The summed E-state index contributed by atoms with van der Waals surface area (Å²) in [5.41, 5.74) is 1.80. The van der Waals surface area contributed by atoms with Gasteiger partial charge in [0, 0.05) is 20.0 Å². The highest BCUT2D eigenvalue weighted by Gasteiger charge is 2.47. The summed E-state index contributed by atoms with van der Waals surface area (Å²) >= 11 is 0. The van der Waals surface area contributed by atoms with Gasteiger partial charge in [-0.1, -0.05) is 25.0 Å². The molecule has 1 N–H and O–H groups in total. The Kier molecular flexibility index (Phi) is 4.68. The molecule has 7 heteroatoms. The van der Waals surface area contributed by atoms with Crippen molar-refractivity contribution in [1.29, 1.82) is 0 Å². The van der Waals surface area contributed by atoms with E-state index in [4.69, 9.17) is 0 Å². The molecule has 4 rings (SSSR count). The van der Waals surface area contributed by atoms with Gasteiger partial charge in [0.05, 0.1) is 29.4 Å². The first-order chi connectivity index (χ1) is 13.0. The molecular formula is C20H24N4O3. The molecule has 142 valence electrons. The van der Waals surface area contributed by atoms with Gasteiger partial charge in [-0.3, -0.25) is 19.3 Å². The number of carbonyl (C=O) groups is 3. The minimum atomic E-state index is -0.158. The van der Waals surface area contributed by atoms with Crippen molar-refractivity contribution < 1.29 is 14.4 Å². The Hall–Kier alpha value is -2.70. The zero-order chi connectivity index (χ0) is 19.0. The van der Waals surface area contributed by atoms with Gasteiger partial charge < -0.3 is 9.88 Å². The van der Waals surface area contributed by atoms with E-state index in [0.29, 0.717) is 12.4 Å². The molecule has 1 aliphatic heterocycles. The lowest BCUT2D eigenvalue weighted by atomic mass is 9.81. The van der Waals surface area contributed by atoms with Gasteiger partial charge in [0.2, 0.25) is 17.7 Å². The van der Waals surface area contributed by atoms with Crippen molar-refractivity contribution in [3.8, 4) is 0 Å². The van der Waals surface area contributed by atoms with E-state index < -0.39 is 0 Å². The summed E-state index contributed by atoms with van der Waals surface area (Å²) < 4.78 is 0. The monoisotopic (exact) mass is 368 g/mol. The highest BCUT2D eigenvalue weighted by molar-refractivity contribution is 6.05. The number of likely N-dealkylation sites (tertiary alicyclic amines) is 1. The highest BCUT2D eigenvalue weighted by atomic mass is 16.2. The van der Waals surface area contributed by atoms with E-state index >= 15 is 0 Å². The summed E-state index contributed by atoms with van der Waals surface area (Å²) in [7, 11) is 1.71. The molecule has 3 amide bonds. The number of benzene rings is 1. The number of nitrogens with one attached hydrogen (secondary N) is 1. The Morgan fingerprint density at radius 3 is 2.52 bits per heavy atom. The number of fused-ring (bicyclic) bond motifs is 2. The Morgan fingerprint density at radius 2 is 1.85 bits per heavy atom. The van der Waals surface area contributed by atoms with Gasteiger partial charge in [0.25, 0.3) is 0 Å². The third kappa shape index (κ3) is 3.34. The molecule has 1 aromatic carbocycles. The number of imidazole rings is 1. The number of amides is 3. The van der Waals surface area contributed by atoms with Crippen molar-refractivity contribution in [1.82, 2.24) is 19.8 Å². The van der Waals surface area contributed by atoms with Crippen LogP contribution in [-0.4, -0.2) is 51.1 Å². The van der Waals surface area contributed by atoms with E-state index in [1.54, 1.807) is 11.9 Å². The topological polar surface area (TPSA) is 86.4 Å². The maximum Gasteiger partial charge on any atom is 0.233 e. The molecule has 2 heterocycles. The Morgan fingerprint density at radius 1 is 1.19 bits per heavy atom. The molecule has 2 aliphatic rings. The van der Waals surface area contributed by atoms with Crippen molar-refractivity contribution in [3.63, 3.8) is 0 Å². The van der Waals surface area contributed by atoms with Crippen molar-refractivity contribution in [2.24, 2.45) is 11.8 Å². The zero-order valence-electron chi connectivity index (χ0n) is 15.5. The van der Waals surface area contributed by atoms with Crippen molar-refractivity contribution in [2.45, 2.75) is 38.6 Å². The van der Waals surface area contributed by atoms with Crippen molar-refractivity contribution >= 4 is 28.8 Å². The predicted molar refractivity (Wildman–Crippen MR) is 99.4 cm³/mol.